The van der Waals surface area contributed by atoms with Gasteiger partial charge < -0.3 is 11.1 Å². The molecule has 3 heteroatoms. The van der Waals surface area contributed by atoms with Gasteiger partial charge in [0.15, 0.2) is 0 Å². The Labute approximate surface area is 76.9 Å². The van der Waals surface area contributed by atoms with Crippen molar-refractivity contribution >= 4 is 5.69 Å². The molecule has 1 aromatic rings. The van der Waals surface area contributed by atoms with Crippen molar-refractivity contribution in [3.63, 3.8) is 0 Å². The summed E-state index contributed by atoms with van der Waals surface area (Å²) < 4.78 is 12.9. The summed E-state index contributed by atoms with van der Waals surface area (Å²) in [6.45, 7) is 0.458. The summed E-state index contributed by atoms with van der Waals surface area (Å²) in [4.78, 5) is 0. The Balaban J connectivity index is 2.16. The molecule has 0 amide bonds. The molecule has 1 aliphatic rings. The highest BCUT2D eigenvalue weighted by molar-refractivity contribution is 5.41. The van der Waals surface area contributed by atoms with Gasteiger partial charge in [-0.25, -0.2) is 4.39 Å². The van der Waals surface area contributed by atoms with Crippen LogP contribution in [0.1, 0.15) is 18.0 Å². The number of hydrogen-bond acceptors (Lipinski definition) is 2. The van der Waals surface area contributed by atoms with Crippen molar-refractivity contribution in [1.29, 1.82) is 0 Å². The van der Waals surface area contributed by atoms with E-state index in [0.717, 1.165) is 11.3 Å². The predicted octanol–water partition coefficient (Wildman–Crippen LogP) is 1.64. The minimum absolute atomic E-state index is 0.137. The monoisotopic (exact) mass is 180 g/mol. The maximum atomic E-state index is 12.9. The van der Waals surface area contributed by atoms with Gasteiger partial charge in [-0.05, 0) is 24.1 Å². The van der Waals surface area contributed by atoms with E-state index in [2.05, 4.69) is 5.32 Å². The molecule has 2 nitrogen and oxygen atoms in total. The average Bonchev–Trinajstić information content (AvgIpc) is 2.52. The molecule has 0 spiro atoms. The first-order valence-electron chi connectivity index (χ1n) is 4.48. The molecule has 0 radical (unpaired) electrons. The molecule has 1 fully saturated rings. The molecule has 2 unspecified atom stereocenters. The van der Waals surface area contributed by atoms with Crippen molar-refractivity contribution in [2.75, 3.05) is 12.3 Å². The van der Waals surface area contributed by atoms with Gasteiger partial charge in [-0.3, -0.25) is 0 Å². The second-order valence-corrected chi connectivity index (χ2v) is 3.46. The Kier molecular flexibility index (Phi) is 2.19. The van der Waals surface area contributed by atoms with Gasteiger partial charge in [0.25, 0.3) is 0 Å². The number of alkyl halides is 1. The van der Waals surface area contributed by atoms with Gasteiger partial charge in [-0.15, -0.1) is 0 Å². The van der Waals surface area contributed by atoms with Crippen LogP contribution in [0.4, 0.5) is 10.1 Å². The second-order valence-electron chi connectivity index (χ2n) is 3.46. The number of anilines is 1. The lowest BCUT2D eigenvalue weighted by molar-refractivity contribution is 0.356. The first-order chi connectivity index (χ1) is 6.25. The van der Waals surface area contributed by atoms with E-state index < -0.39 is 6.17 Å². The SMILES string of the molecule is Nc1cccc(C2CC(F)CN2)c1. The van der Waals surface area contributed by atoms with Crippen LogP contribution in [0, 0.1) is 0 Å². The molecule has 3 N–H and O–H groups in total. The zero-order chi connectivity index (χ0) is 9.26. The van der Waals surface area contributed by atoms with E-state index in [9.17, 15) is 4.39 Å². The first-order valence-corrected chi connectivity index (χ1v) is 4.48. The number of rotatable bonds is 1. The Morgan fingerprint density at radius 3 is 2.92 bits per heavy atom. The lowest BCUT2D eigenvalue weighted by Crippen LogP contribution is -2.13. The van der Waals surface area contributed by atoms with E-state index in [1.165, 1.54) is 0 Å². The lowest BCUT2D eigenvalue weighted by atomic mass is 10.0. The Bertz CT molecular complexity index is 301. The Morgan fingerprint density at radius 2 is 2.31 bits per heavy atom. The molecule has 1 aliphatic heterocycles. The molecule has 0 bridgehead atoms. The minimum Gasteiger partial charge on any atom is -0.399 e. The van der Waals surface area contributed by atoms with Crippen LogP contribution in [0.15, 0.2) is 24.3 Å². The van der Waals surface area contributed by atoms with Crippen molar-refractivity contribution in [3.8, 4) is 0 Å². The maximum absolute atomic E-state index is 12.9. The molecular weight excluding hydrogens is 167 g/mol. The summed E-state index contributed by atoms with van der Waals surface area (Å²) in [5.41, 5.74) is 7.46. The zero-order valence-corrected chi connectivity index (χ0v) is 7.33. The number of nitrogens with two attached hydrogens (primary N) is 1. The van der Waals surface area contributed by atoms with Crippen LogP contribution >= 0.6 is 0 Å². The van der Waals surface area contributed by atoms with E-state index in [-0.39, 0.29) is 6.04 Å². The molecule has 13 heavy (non-hydrogen) atoms. The lowest BCUT2D eigenvalue weighted by Gasteiger charge is -2.10. The van der Waals surface area contributed by atoms with Crippen molar-refractivity contribution in [1.82, 2.24) is 5.32 Å². The molecule has 2 rings (SSSR count). The summed E-state index contributed by atoms with van der Waals surface area (Å²) in [6.07, 6.45) is -0.157. The van der Waals surface area contributed by atoms with Crippen molar-refractivity contribution in [3.05, 3.63) is 29.8 Å². The van der Waals surface area contributed by atoms with E-state index in [4.69, 9.17) is 5.73 Å². The standard InChI is InChI=1S/C10H13FN2/c11-8-5-10(13-6-8)7-2-1-3-9(12)4-7/h1-4,8,10,13H,5-6,12H2. The van der Waals surface area contributed by atoms with Crippen molar-refractivity contribution in [2.45, 2.75) is 18.6 Å². The number of benzene rings is 1. The predicted molar refractivity (Wildman–Crippen MR) is 51.1 cm³/mol. The fourth-order valence-electron chi connectivity index (χ4n) is 1.72. The van der Waals surface area contributed by atoms with Crippen molar-refractivity contribution < 1.29 is 4.39 Å². The fraction of sp³-hybridized carbons (Fsp3) is 0.400. The number of halogens is 1. The van der Waals surface area contributed by atoms with Gasteiger partial charge in [0.05, 0.1) is 0 Å². The summed E-state index contributed by atoms with van der Waals surface area (Å²) in [6, 6.07) is 7.75. The minimum atomic E-state index is -0.716. The maximum Gasteiger partial charge on any atom is 0.114 e. The highest BCUT2D eigenvalue weighted by atomic mass is 19.1. The second kappa shape index (κ2) is 3.34. The van der Waals surface area contributed by atoms with Crippen LogP contribution < -0.4 is 11.1 Å². The molecule has 1 aromatic carbocycles. The molecule has 0 saturated carbocycles. The Morgan fingerprint density at radius 1 is 1.46 bits per heavy atom. The van der Waals surface area contributed by atoms with Crippen LogP contribution in [0.2, 0.25) is 0 Å². The highest BCUT2D eigenvalue weighted by Gasteiger charge is 2.24. The topological polar surface area (TPSA) is 38.0 Å². The summed E-state index contributed by atoms with van der Waals surface area (Å²) in [5.74, 6) is 0. The third-order valence-electron chi connectivity index (χ3n) is 2.39. The van der Waals surface area contributed by atoms with Crippen LogP contribution in [-0.4, -0.2) is 12.7 Å². The van der Waals surface area contributed by atoms with Crippen LogP contribution in [0.25, 0.3) is 0 Å². The normalized spacial score (nSPS) is 27.8. The Hall–Kier alpha value is -1.09. The molecular formula is C10H13FN2. The van der Waals surface area contributed by atoms with Crippen molar-refractivity contribution in [2.24, 2.45) is 0 Å². The highest BCUT2D eigenvalue weighted by Crippen LogP contribution is 2.25. The third-order valence-corrected chi connectivity index (χ3v) is 2.39. The van der Waals surface area contributed by atoms with E-state index in [1.807, 2.05) is 24.3 Å². The van der Waals surface area contributed by atoms with Gasteiger partial charge in [0, 0.05) is 18.3 Å². The van der Waals surface area contributed by atoms with Gasteiger partial charge in [0.2, 0.25) is 0 Å². The van der Waals surface area contributed by atoms with Gasteiger partial charge >= 0.3 is 0 Å². The number of nitrogens with one attached hydrogen (secondary N) is 1. The zero-order valence-electron chi connectivity index (χ0n) is 7.33. The van der Waals surface area contributed by atoms with Crippen LogP contribution in [0.5, 0.6) is 0 Å². The smallest absolute Gasteiger partial charge is 0.114 e. The van der Waals surface area contributed by atoms with Gasteiger partial charge in [-0.2, -0.15) is 0 Å². The largest absolute Gasteiger partial charge is 0.399 e. The number of nitrogen functional groups attached to an aromatic ring is 1. The van der Waals surface area contributed by atoms with Gasteiger partial charge in [0.1, 0.15) is 6.17 Å². The molecule has 2 atom stereocenters. The number of hydrogen-bond donors (Lipinski definition) is 2. The summed E-state index contributed by atoms with van der Waals surface area (Å²) in [7, 11) is 0. The third kappa shape index (κ3) is 1.80. The van der Waals surface area contributed by atoms with E-state index in [1.54, 1.807) is 0 Å². The molecule has 1 saturated heterocycles. The van der Waals surface area contributed by atoms with E-state index >= 15 is 0 Å². The van der Waals surface area contributed by atoms with E-state index in [0.29, 0.717) is 13.0 Å². The molecule has 1 heterocycles. The average molecular weight is 180 g/mol. The van der Waals surface area contributed by atoms with Crippen LogP contribution in [0.3, 0.4) is 0 Å². The first kappa shape index (κ1) is 8.51. The summed E-state index contributed by atoms with van der Waals surface area (Å²) >= 11 is 0. The van der Waals surface area contributed by atoms with Gasteiger partial charge in [-0.1, -0.05) is 12.1 Å². The van der Waals surface area contributed by atoms with Crippen LogP contribution in [-0.2, 0) is 0 Å². The molecule has 0 aliphatic carbocycles. The quantitative estimate of drug-likeness (QED) is 0.645. The fourth-order valence-corrected chi connectivity index (χ4v) is 1.72. The molecule has 70 valence electrons. The molecule has 0 aromatic heterocycles. The summed E-state index contributed by atoms with van der Waals surface area (Å²) in [5, 5.41) is 3.12.